The molecule has 1 aliphatic rings. The smallest absolute Gasteiger partial charge is 0.122 e. The number of ether oxygens (including phenoxy) is 1. The number of hydrogen-bond donors (Lipinski definition) is 1. The lowest BCUT2D eigenvalue weighted by molar-refractivity contribution is 0.249. The van der Waals surface area contributed by atoms with E-state index in [1.54, 1.807) is 7.11 Å². The van der Waals surface area contributed by atoms with Crippen LogP contribution in [0.1, 0.15) is 38.2 Å². The van der Waals surface area contributed by atoms with Crippen molar-refractivity contribution in [3.8, 4) is 5.75 Å². The average Bonchev–Trinajstić information content (AvgIpc) is 3.31. The highest BCUT2D eigenvalue weighted by molar-refractivity contribution is 5.33. The maximum Gasteiger partial charge on any atom is 0.122 e. The first-order valence-corrected chi connectivity index (χ1v) is 8.26. The third-order valence-electron chi connectivity index (χ3n) is 4.41. The van der Waals surface area contributed by atoms with Gasteiger partial charge in [0.1, 0.15) is 5.75 Å². The molecule has 2 rings (SSSR count). The minimum Gasteiger partial charge on any atom is -0.496 e. The Morgan fingerprint density at radius 1 is 1.29 bits per heavy atom. The molecule has 0 radical (unpaired) electrons. The number of unbranched alkanes of at least 4 members (excludes halogenated alkanes) is 1. The molecule has 118 valence electrons. The molecule has 1 unspecified atom stereocenters. The van der Waals surface area contributed by atoms with Gasteiger partial charge >= 0.3 is 0 Å². The predicted octanol–water partition coefficient (Wildman–Crippen LogP) is 3.09. The van der Waals surface area contributed by atoms with Gasteiger partial charge in [-0.3, -0.25) is 0 Å². The van der Waals surface area contributed by atoms with Gasteiger partial charge in [0, 0.05) is 12.1 Å². The summed E-state index contributed by atoms with van der Waals surface area (Å²) in [5.41, 5.74) is 1.30. The van der Waals surface area contributed by atoms with E-state index in [-0.39, 0.29) is 0 Å². The molecular weight excluding hydrogens is 260 g/mol. The number of likely N-dealkylation sites (N-methyl/N-ethyl adjacent to an activating group) is 1. The number of benzene rings is 1. The Balaban J connectivity index is 1.67. The first kappa shape index (κ1) is 16.3. The van der Waals surface area contributed by atoms with Crippen molar-refractivity contribution in [1.82, 2.24) is 10.2 Å². The molecule has 3 heteroatoms. The Morgan fingerprint density at radius 2 is 2.05 bits per heavy atom. The SMILES string of the molecule is COc1ccccc1CC(C)N(C)CCCCNC1CC1. The van der Waals surface area contributed by atoms with Crippen LogP contribution in [0.15, 0.2) is 24.3 Å². The number of rotatable bonds is 10. The second-order valence-corrected chi connectivity index (χ2v) is 6.28. The lowest BCUT2D eigenvalue weighted by Crippen LogP contribution is -2.32. The van der Waals surface area contributed by atoms with Gasteiger partial charge in [0.25, 0.3) is 0 Å². The fraction of sp³-hybridized carbons (Fsp3) is 0.667. The third kappa shape index (κ3) is 5.68. The van der Waals surface area contributed by atoms with Crippen LogP contribution in [-0.4, -0.2) is 44.2 Å². The highest BCUT2D eigenvalue weighted by Crippen LogP contribution is 2.20. The van der Waals surface area contributed by atoms with Crippen molar-refractivity contribution in [3.63, 3.8) is 0 Å². The minimum atomic E-state index is 0.540. The molecule has 1 aromatic carbocycles. The van der Waals surface area contributed by atoms with E-state index >= 15 is 0 Å². The molecule has 1 aromatic rings. The number of nitrogens with zero attached hydrogens (tertiary/aromatic N) is 1. The van der Waals surface area contributed by atoms with E-state index in [9.17, 15) is 0 Å². The molecule has 1 aliphatic carbocycles. The van der Waals surface area contributed by atoms with E-state index in [0.29, 0.717) is 6.04 Å². The summed E-state index contributed by atoms with van der Waals surface area (Å²) in [6.07, 6.45) is 6.36. The Hall–Kier alpha value is -1.06. The summed E-state index contributed by atoms with van der Waals surface area (Å²) < 4.78 is 5.44. The van der Waals surface area contributed by atoms with Crippen LogP contribution in [0.5, 0.6) is 5.75 Å². The maximum absolute atomic E-state index is 5.44. The van der Waals surface area contributed by atoms with Gasteiger partial charge < -0.3 is 15.0 Å². The summed E-state index contributed by atoms with van der Waals surface area (Å²) >= 11 is 0. The molecule has 0 amide bonds. The highest BCUT2D eigenvalue weighted by Gasteiger charge is 2.19. The molecule has 0 heterocycles. The van der Waals surface area contributed by atoms with Crippen molar-refractivity contribution < 1.29 is 4.74 Å². The molecule has 1 atom stereocenters. The first-order chi connectivity index (χ1) is 10.2. The lowest BCUT2D eigenvalue weighted by Gasteiger charge is -2.25. The van der Waals surface area contributed by atoms with Gasteiger partial charge in [-0.25, -0.2) is 0 Å². The van der Waals surface area contributed by atoms with Gasteiger partial charge in [0.15, 0.2) is 0 Å². The summed E-state index contributed by atoms with van der Waals surface area (Å²) in [4.78, 5) is 2.46. The van der Waals surface area contributed by atoms with Gasteiger partial charge in [-0.2, -0.15) is 0 Å². The quantitative estimate of drug-likeness (QED) is 0.670. The zero-order valence-electron chi connectivity index (χ0n) is 13.8. The van der Waals surface area contributed by atoms with Crippen molar-refractivity contribution in [2.24, 2.45) is 0 Å². The number of para-hydroxylation sites is 1. The largest absolute Gasteiger partial charge is 0.496 e. The Morgan fingerprint density at radius 3 is 2.76 bits per heavy atom. The molecule has 0 aromatic heterocycles. The monoisotopic (exact) mass is 290 g/mol. The zero-order valence-corrected chi connectivity index (χ0v) is 13.8. The van der Waals surface area contributed by atoms with Crippen molar-refractivity contribution in [2.75, 3.05) is 27.2 Å². The second kappa shape index (κ2) is 8.40. The fourth-order valence-corrected chi connectivity index (χ4v) is 2.65. The second-order valence-electron chi connectivity index (χ2n) is 6.28. The molecule has 0 bridgehead atoms. The van der Waals surface area contributed by atoms with Gasteiger partial charge in [0.2, 0.25) is 0 Å². The lowest BCUT2D eigenvalue weighted by atomic mass is 10.0. The predicted molar refractivity (Wildman–Crippen MR) is 89.0 cm³/mol. The van der Waals surface area contributed by atoms with E-state index in [2.05, 4.69) is 36.3 Å². The molecule has 1 N–H and O–H groups in total. The van der Waals surface area contributed by atoms with Crippen LogP contribution >= 0.6 is 0 Å². The molecule has 21 heavy (non-hydrogen) atoms. The van der Waals surface area contributed by atoms with E-state index in [1.807, 2.05) is 12.1 Å². The Kier molecular flexibility index (Phi) is 6.52. The number of nitrogens with one attached hydrogen (secondary N) is 1. The third-order valence-corrected chi connectivity index (χ3v) is 4.41. The molecule has 1 saturated carbocycles. The van der Waals surface area contributed by atoms with Crippen LogP contribution in [-0.2, 0) is 6.42 Å². The minimum absolute atomic E-state index is 0.540. The van der Waals surface area contributed by atoms with Gasteiger partial charge in [-0.1, -0.05) is 18.2 Å². The van der Waals surface area contributed by atoms with Crippen LogP contribution in [0.25, 0.3) is 0 Å². The molecule has 1 fully saturated rings. The van der Waals surface area contributed by atoms with E-state index < -0.39 is 0 Å². The fourth-order valence-electron chi connectivity index (χ4n) is 2.65. The molecule has 0 spiro atoms. The van der Waals surface area contributed by atoms with Crippen molar-refractivity contribution in [2.45, 2.75) is 51.1 Å². The van der Waals surface area contributed by atoms with Crippen molar-refractivity contribution >= 4 is 0 Å². The van der Waals surface area contributed by atoms with E-state index in [1.165, 1.54) is 44.3 Å². The van der Waals surface area contributed by atoms with Gasteiger partial charge in [0.05, 0.1) is 7.11 Å². The van der Waals surface area contributed by atoms with Crippen molar-refractivity contribution in [3.05, 3.63) is 29.8 Å². The molecular formula is C18H30N2O. The highest BCUT2D eigenvalue weighted by atomic mass is 16.5. The molecule has 0 aliphatic heterocycles. The summed E-state index contributed by atoms with van der Waals surface area (Å²) in [5.74, 6) is 1.01. The summed E-state index contributed by atoms with van der Waals surface area (Å²) in [6, 6.07) is 9.72. The topological polar surface area (TPSA) is 24.5 Å². The van der Waals surface area contributed by atoms with Gasteiger partial charge in [-0.15, -0.1) is 0 Å². The summed E-state index contributed by atoms with van der Waals surface area (Å²) in [5, 5.41) is 3.58. The van der Waals surface area contributed by atoms with Gasteiger partial charge in [-0.05, 0) is 70.8 Å². The Labute approximate surface area is 129 Å². The van der Waals surface area contributed by atoms with Crippen molar-refractivity contribution in [1.29, 1.82) is 0 Å². The normalized spacial score (nSPS) is 16.2. The summed E-state index contributed by atoms with van der Waals surface area (Å²) in [6.45, 7) is 4.65. The average molecular weight is 290 g/mol. The molecule has 3 nitrogen and oxygen atoms in total. The van der Waals surface area contributed by atoms with Crippen LogP contribution in [0, 0.1) is 0 Å². The Bertz CT molecular complexity index is 417. The van der Waals surface area contributed by atoms with Crippen LogP contribution in [0.3, 0.4) is 0 Å². The van der Waals surface area contributed by atoms with Crippen LogP contribution < -0.4 is 10.1 Å². The van der Waals surface area contributed by atoms with Crippen LogP contribution in [0.2, 0.25) is 0 Å². The molecule has 0 saturated heterocycles. The standard InChI is InChI=1S/C18H30N2O/c1-15(14-16-8-4-5-9-18(16)21-3)20(2)13-7-6-12-19-17-10-11-17/h4-5,8-9,15,17,19H,6-7,10-14H2,1-3H3. The summed E-state index contributed by atoms with van der Waals surface area (Å²) in [7, 11) is 3.98. The number of methoxy groups -OCH3 is 1. The maximum atomic E-state index is 5.44. The van der Waals surface area contributed by atoms with E-state index in [0.717, 1.165) is 18.2 Å². The zero-order chi connectivity index (χ0) is 15.1. The first-order valence-electron chi connectivity index (χ1n) is 8.26. The van der Waals surface area contributed by atoms with E-state index in [4.69, 9.17) is 4.74 Å². The van der Waals surface area contributed by atoms with Crippen LogP contribution in [0.4, 0.5) is 0 Å². The number of hydrogen-bond acceptors (Lipinski definition) is 3.